The van der Waals surface area contributed by atoms with Crippen molar-refractivity contribution in [2.75, 3.05) is 0 Å². The van der Waals surface area contributed by atoms with Gasteiger partial charge in [-0.3, -0.25) is 10.3 Å². The molecule has 0 aliphatic carbocycles. The quantitative estimate of drug-likeness (QED) is 0.492. The molecule has 1 heterocycles. The van der Waals surface area contributed by atoms with Gasteiger partial charge in [-0.1, -0.05) is 51.8 Å². The van der Waals surface area contributed by atoms with Gasteiger partial charge in [-0.25, -0.2) is 4.39 Å². The molecule has 0 bridgehead atoms. The summed E-state index contributed by atoms with van der Waals surface area (Å²) in [5.74, 6) is -0.0708. The molecule has 4 rings (SSSR count). The van der Waals surface area contributed by atoms with E-state index in [0.29, 0.717) is 11.4 Å². The minimum atomic E-state index is -0.358. The molecular formula is C22H17BrClFN2O. The number of hydrogen-bond donors (Lipinski definition) is 2. The van der Waals surface area contributed by atoms with Crippen molar-refractivity contribution in [3.63, 3.8) is 0 Å². The van der Waals surface area contributed by atoms with E-state index in [-0.39, 0.29) is 23.8 Å². The van der Waals surface area contributed by atoms with E-state index in [1.165, 1.54) is 12.1 Å². The van der Waals surface area contributed by atoms with Crippen LogP contribution >= 0.6 is 27.5 Å². The maximum Gasteiger partial charge on any atom is 0.126 e. The highest BCUT2D eigenvalue weighted by Gasteiger charge is 2.27. The van der Waals surface area contributed by atoms with Gasteiger partial charge in [0.2, 0.25) is 0 Å². The van der Waals surface area contributed by atoms with Gasteiger partial charge >= 0.3 is 0 Å². The maximum absolute atomic E-state index is 13.4. The van der Waals surface area contributed by atoms with Crippen LogP contribution in [0.2, 0.25) is 5.02 Å². The van der Waals surface area contributed by atoms with Crippen LogP contribution in [-0.4, -0.2) is 10.8 Å². The first kappa shape index (κ1) is 19.1. The third-order valence-electron chi connectivity index (χ3n) is 4.77. The molecule has 3 aromatic carbocycles. The smallest absolute Gasteiger partial charge is 0.126 e. The summed E-state index contributed by atoms with van der Waals surface area (Å²) in [7, 11) is 0. The average Bonchev–Trinajstić information content (AvgIpc) is 2.70. The number of hydrogen-bond acceptors (Lipinski definition) is 3. The van der Waals surface area contributed by atoms with E-state index >= 15 is 0 Å². The van der Waals surface area contributed by atoms with Crippen molar-refractivity contribution >= 4 is 33.2 Å². The first-order valence-corrected chi connectivity index (χ1v) is 9.99. The molecule has 0 saturated heterocycles. The van der Waals surface area contributed by atoms with Gasteiger partial charge in [0, 0.05) is 33.2 Å². The molecule has 3 nitrogen and oxygen atoms in total. The van der Waals surface area contributed by atoms with Crippen LogP contribution in [0.1, 0.15) is 35.3 Å². The molecule has 0 amide bonds. The lowest BCUT2D eigenvalue weighted by Gasteiger charge is -2.31. The monoisotopic (exact) mass is 458 g/mol. The fourth-order valence-electron chi connectivity index (χ4n) is 3.34. The standard InChI is InChI=1S/C22H17BrClFN2O/c23-15-5-10-21(28)18(11-15)20-12-19(13-1-6-16(24)7-2-13)26-22(27-20)14-3-8-17(25)9-4-14/h1-11,20,22,27-28H,12H2/t20-,22+/m0/s1. The first-order chi connectivity index (χ1) is 13.5. The molecular weight excluding hydrogens is 443 g/mol. The van der Waals surface area contributed by atoms with Crippen LogP contribution in [0.3, 0.4) is 0 Å². The number of rotatable bonds is 3. The molecule has 0 radical (unpaired) electrons. The lowest BCUT2D eigenvalue weighted by molar-refractivity contribution is 0.412. The van der Waals surface area contributed by atoms with Crippen LogP contribution in [0.15, 0.2) is 76.2 Å². The third-order valence-corrected chi connectivity index (χ3v) is 5.51. The minimum Gasteiger partial charge on any atom is -0.508 e. The van der Waals surface area contributed by atoms with Crippen LogP contribution in [0.5, 0.6) is 5.75 Å². The predicted molar refractivity (Wildman–Crippen MR) is 113 cm³/mol. The van der Waals surface area contributed by atoms with Crippen molar-refractivity contribution in [2.45, 2.75) is 18.6 Å². The van der Waals surface area contributed by atoms with Crippen LogP contribution in [0.25, 0.3) is 0 Å². The minimum absolute atomic E-state index is 0.157. The van der Waals surface area contributed by atoms with E-state index in [9.17, 15) is 9.50 Å². The molecule has 0 unspecified atom stereocenters. The summed E-state index contributed by atoms with van der Waals surface area (Å²) in [5.41, 5.74) is 3.50. The molecule has 0 spiro atoms. The van der Waals surface area contributed by atoms with E-state index < -0.39 is 0 Å². The van der Waals surface area contributed by atoms with Gasteiger partial charge in [0.05, 0.1) is 0 Å². The molecule has 28 heavy (non-hydrogen) atoms. The highest BCUT2D eigenvalue weighted by molar-refractivity contribution is 9.10. The fraction of sp³-hybridized carbons (Fsp3) is 0.136. The zero-order valence-electron chi connectivity index (χ0n) is 14.7. The van der Waals surface area contributed by atoms with E-state index in [4.69, 9.17) is 16.6 Å². The Kier molecular flexibility index (Phi) is 5.49. The Morgan fingerprint density at radius 1 is 1.04 bits per heavy atom. The molecule has 2 N–H and O–H groups in total. The summed E-state index contributed by atoms with van der Waals surface area (Å²) in [4.78, 5) is 4.86. The van der Waals surface area contributed by atoms with E-state index in [0.717, 1.165) is 26.9 Å². The maximum atomic E-state index is 13.4. The van der Waals surface area contributed by atoms with E-state index in [2.05, 4.69) is 21.2 Å². The Hall–Kier alpha value is -2.21. The van der Waals surface area contributed by atoms with Gasteiger partial charge in [-0.05, 0) is 53.6 Å². The van der Waals surface area contributed by atoms with Crippen LogP contribution in [-0.2, 0) is 0 Å². The lowest BCUT2D eigenvalue weighted by atomic mass is 9.93. The van der Waals surface area contributed by atoms with Crippen LogP contribution in [0, 0.1) is 5.82 Å². The summed E-state index contributed by atoms with van der Waals surface area (Å²) in [6.45, 7) is 0. The fourth-order valence-corrected chi connectivity index (χ4v) is 3.85. The SMILES string of the molecule is Oc1ccc(Br)cc1[C@@H]1CC(c2ccc(Cl)cc2)=N[C@@H](c2ccc(F)cc2)N1. The topological polar surface area (TPSA) is 44.6 Å². The summed E-state index contributed by atoms with van der Waals surface area (Å²) in [6, 6.07) is 19.0. The second-order valence-corrected chi connectivity index (χ2v) is 8.02. The number of aliphatic imine (C=N–C) groups is 1. The first-order valence-electron chi connectivity index (χ1n) is 8.82. The molecule has 2 atom stereocenters. The molecule has 0 fully saturated rings. The van der Waals surface area contributed by atoms with E-state index in [1.54, 1.807) is 24.3 Å². The summed E-state index contributed by atoms with van der Waals surface area (Å²) < 4.78 is 14.3. The van der Waals surface area contributed by atoms with Gasteiger partial charge in [0.25, 0.3) is 0 Å². The molecule has 1 aliphatic heterocycles. The van der Waals surface area contributed by atoms with E-state index in [1.807, 2.05) is 30.3 Å². The number of benzene rings is 3. The molecule has 0 aromatic heterocycles. The highest BCUT2D eigenvalue weighted by atomic mass is 79.9. The number of nitrogens with one attached hydrogen (secondary N) is 1. The van der Waals surface area contributed by atoms with Crippen molar-refractivity contribution in [1.29, 1.82) is 0 Å². The second kappa shape index (κ2) is 8.03. The lowest BCUT2D eigenvalue weighted by Crippen LogP contribution is -2.33. The summed E-state index contributed by atoms with van der Waals surface area (Å²) in [5, 5.41) is 14.5. The number of nitrogens with zero attached hydrogens (tertiary/aromatic N) is 1. The Morgan fingerprint density at radius 3 is 2.46 bits per heavy atom. The molecule has 0 saturated carbocycles. The molecule has 6 heteroatoms. The van der Waals surface area contributed by atoms with Crippen LogP contribution in [0.4, 0.5) is 4.39 Å². The number of phenolic OH excluding ortho intramolecular Hbond substituents is 1. The third kappa shape index (κ3) is 4.12. The predicted octanol–water partition coefficient (Wildman–Crippen LogP) is 6.17. The molecule has 1 aliphatic rings. The molecule has 3 aromatic rings. The second-order valence-electron chi connectivity index (χ2n) is 6.66. The van der Waals surface area contributed by atoms with Gasteiger partial charge in [0.15, 0.2) is 0 Å². The van der Waals surface area contributed by atoms with Gasteiger partial charge in [-0.15, -0.1) is 0 Å². The Bertz CT molecular complexity index is 1020. The van der Waals surface area contributed by atoms with Gasteiger partial charge < -0.3 is 5.11 Å². The largest absolute Gasteiger partial charge is 0.508 e. The van der Waals surface area contributed by atoms with Crippen molar-refractivity contribution in [3.05, 3.63) is 98.7 Å². The van der Waals surface area contributed by atoms with Crippen LogP contribution < -0.4 is 5.32 Å². The van der Waals surface area contributed by atoms with Crippen molar-refractivity contribution in [3.8, 4) is 5.75 Å². The number of halogens is 3. The zero-order chi connectivity index (χ0) is 19.7. The van der Waals surface area contributed by atoms with Crippen molar-refractivity contribution in [1.82, 2.24) is 5.32 Å². The number of phenols is 1. The molecule has 142 valence electrons. The Morgan fingerprint density at radius 2 is 1.75 bits per heavy atom. The number of aromatic hydroxyl groups is 1. The summed E-state index contributed by atoms with van der Waals surface area (Å²) >= 11 is 9.50. The zero-order valence-corrected chi connectivity index (χ0v) is 17.1. The van der Waals surface area contributed by atoms with Crippen molar-refractivity contribution < 1.29 is 9.50 Å². The van der Waals surface area contributed by atoms with Gasteiger partial charge in [0.1, 0.15) is 17.7 Å². The highest BCUT2D eigenvalue weighted by Crippen LogP contribution is 2.36. The Balaban J connectivity index is 1.76. The normalized spacial score (nSPS) is 19.3. The van der Waals surface area contributed by atoms with Gasteiger partial charge in [-0.2, -0.15) is 0 Å². The average molecular weight is 460 g/mol. The summed E-state index contributed by atoms with van der Waals surface area (Å²) in [6.07, 6.45) is 0.243. The Labute approximate surface area is 176 Å². The van der Waals surface area contributed by atoms with Crippen molar-refractivity contribution in [2.24, 2.45) is 4.99 Å².